The fraction of sp³-hybridized carbons (Fsp3) is 0.321. The van der Waals surface area contributed by atoms with Gasteiger partial charge in [0.05, 0.1) is 24.1 Å². The van der Waals surface area contributed by atoms with Crippen LogP contribution in [0.25, 0.3) is 28.2 Å². The number of rotatable bonds is 8. The van der Waals surface area contributed by atoms with Crippen molar-refractivity contribution in [2.75, 3.05) is 0 Å². The maximum Gasteiger partial charge on any atom is 0.522 e. The van der Waals surface area contributed by atoms with Gasteiger partial charge >= 0.3 is 6.36 Å². The van der Waals surface area contributed by atoms with Gasteiger partial charge < -0.3 is 4.74 Å². The van der Waals surface area contributed by atoms with E-state index in [0.717, 1.165) is 40.8 Å². The predicted molar refractivity (Wildman–Crippen MR) is 139 cm³/mol. The van der Waals surface area contributed by atoms with E-state index in [1.165, 1.54) is 19.3 Å². The molecular formula is C28H26F3N7O2. The monoisotopic (exact) mass is 549 g/mol. The smallest absolute Gasteiger partial charge is 0.489 e. The van der Waals surface area contributed by atoms with Crippen LogP contribution in [0.4, 0.5) is 13.2 Å². The molecular weight excluding hydrogens is 523 g/mol. The number of H-pyrrole nitrogens is 1. The van der Waals surface area contributed by atoms with E-state index in [9.17, 15) is 13.2 Å². The number of hydrogen-bond donors (Lipinski definition) is 1. The third kappa shape index (κ3) is 5.67. The minimum atomic E-state index is -4.67. The Morgan fingerprint density at radius 2 is 1.70 bits per heavy atom. The molecule has 3 heterocycles. The van der Waals surface area contributed by atoms with Crippen LogP contribution in [0.5, 0.6) is 5.75 Å². The lowest BCUT2D eigenvalue weighted by atomic mass is 9.84. The number of hydrogen-bond acceptors (Lipinski definition) is 7. The molecule has 1 fully saturated rings. The molecule has 9 nitrogen and oxygen atoms in total. The number of nitrogens with one attached hydrogen (secondary N) is 1. The summed E-state index contributed by atoms with van der Waals surface area (Å²) in [5.74, 6) is 1.44. The third-order valence-electron chi connectivity index (χ3n) is 7.11. The van der Waals surface area contributed by atoms with Gasteiger partial charge in [-0.05, 0) is 46.9 Å². The van der Waals surface area contributed by atoms with Gasteiger partial charge in [0.1, 0.15) is 12.4 Å². The van der Waals surface area contributed by atoms with Gasteiger partial charge in [-0.2, -0.15) is 10.3 Å². The van der Waals surface area contributed by atoms with Crippen LogP contribution in [0.2, 0.25) is 0 Å². The van der Waals surface area contributed by atoms with Crippen LogP contribution in [-0.2, 0) is 18.0 Å². The summed E-state index contributed by atoms with van der Waals surface area (Å²) in [5.41, 5.74) is 5.69. The van der Waals surface area contributed by atoms with Crippen molar-refractivity contribution in [3.8, 4) is 28.3 Å². The number of benzene rings is 2. The number of tetrazole rings is 1. The zero-order valence-electron chi connectivity index (χ0n) is 21.4. The van der Waals surface area contributed by atoms with E-state index in [-0.39, 0.29) is 6.61 Å². The summed E-state index contributed by atoms with van der Waals surface area (Å²) in [6, 6.07) is 14.5. The van der Waals surface area contributed by atoms with Crippen molar-refractivity contribution in [3.05, 3.63) is 77.7 Å². The van der Waals surface area contributed by atoms with E-state index in [1.807, 2.05) is 35.0 Å². The van der Waals surface area contributed by atoms with E-state index in [2.05, 4.69) is 30.5 Å². The lowest BCUT2D eigenvalue weighted by Crippen LogP contribution is -2.13. The highest BCUT2D eigenvalue weighted by molar-refractivity contribution is 5.75. The number of nitrogens with zero attached hydrogens (tertiary/aromatic N) is 6. The lowest BCUT2D eigenvalue weighted by molar-refractivity contribution is -0.330. The molecule has 0 radical (unpaired) electrons. The number of halogens is 3. The molecule has 5 aromatic rings. The van der Waals surface area contributed by atoms with Crippen LogP contribution in [-0.4, -0.2) is 41.6 Å². The fourth-order valence-electron chi connectivity index (χ4n) is 5.25. The second-order valence-corrected chi connectivity index (χ2v) is 9.79. The Kier molecular flexibility index (Phi) is 7.16. The highest BCUT2D eigenvalue weighted by atomic mass is 19.4. The number of aromatic nitrogens is 7. The molecule has 0 unspecified atom stereocenters. The number of alkyl halides is 3. The molecule has 0 atom stereocenters. The molecule has 6 rings (SSSR count). The molecule has 1 N–H and O–H groups in total. The van der Waals surface area contributed by atoms with E-state index < -0.39 is 13.0 Å². The summed E-state index contributed by atoms with van der Waals surface area (Å²) in [6.45, 7) is -0.327. The molecule has 12 heteroatoms. The molecule has 1 aliphatic carbocycles. The summed E-state index contributed by atoms with van der Waals surface area (Å²) in [6.07, 6.45) is 4.68. The highest BCUT2D eigenvalue weighted by Crippen LogP contribution is 2.39. The summed E-state index contributed by atoms with van der Waals surface area (Å²) >= 11 is 0. The fourth-order valence-corrected chi connectivity index (χ4v) is 5.25. The van der Waals surface area contributed by atoms with Crippen molar-refractivity contribution < 1.29 is 22.6 Å². The van der Waals surface area contributed by atoms with Crippen LogP contribution in [0.1, 0.15) is 54.8 Å². The second-order valence-electron chi connectivity index (χ2n) is 9.79. The molecule has 0 bridgehead atoms. The van der Waals surface area contributed by atoms with E-state index in [0.29, 0.717) is 28.7 Å². The van der Waals surface area contributed by atoms with Gasteiger partial charge in [-0.1, -0.05) is 55.7 Å². The van der Waals surface area contributed by atoms with Crippen LogP contribution >= 0.6 is 0 Å². The largest absolute Gasteiger partial charge is 0.522 e. The number of aromatic amines is 1. The molecule has 1 saturated carbocycles. The summed E-state index contributed by atoms with van der Waals surface area (Å²) in [4.78, 5) is 4.73. The van der Waals surface area contributed by atoms with Gasteiger partial charge in [-0.3, -0.25) is 4.74 Å². The van der Waals surface area contributed by atoms with Gasteiger partial charge in [-0.25, -0.2) is 9.50 Å². The summed E-state index contributed by atoms with van der Waals surface area (Å²) in [5, 5.41) is 19.0. The van der Waals surface area contributed by atoms with E-state index in [1.54, 1.807) is 30.5 Å². The molecule has 0 spiro atoms. The van der Waals surface area contributed by atoms with Gasteiger partial charge in [0.15, 0.2) is 5.65 Å². The Bertz CT molecular complexity index is 1580. The molecule has 40 heavy (non-hydrogen) atoms. The second kappa shape index (κ2) is 11.0. The van der Waals surface area contributed by atoms with E-state index >= 15 is 0 Å². The minimum Gasteiger partial charge on any atom is -0.489 e. The van der Waals surface area contributed by atoms with Gasteiger partial charge in [-0.15, -0.1) is 23.4 Å². The average molecular weight is 550 g/mol. The summed E-state index contributed by atoms with van der Waals surface area (Å²) < 4.78 is 48.9. The Balaban J connectivity index is 1.24. The number of fused-ring (bicyclic) bond motifs is 1. The first-order chi connectivity index (χ1) is 19.4. The maximum absolute atomic E-state index is 12.4. The lowest BCUT2D eigenvalue weighted by Gasteiger charge is -2.25. The molecule has 0 saturated heterocycles. The first kappa shape index (κ1) is 25.9. The molecule has 0 amide bonds. The Labute approximate surface area is 227 Å². The Morgan fingerprint density at radius 1 is 0.925 bits per heavy atom. The zero-order valence-corrected chi connectivity index (χ0v) is 21.4. The number of ether oxygens (including phenoxy) is 2. The van der Waals surface area contributed by atoms with Crippen LogP contribution in [0.3, 0.4) is 0 Å². The van der Waals surface area contributed by atoms with Crippen LogP contribution in [0.15, 0.2) is 60.9 Å². The van der Waals surface area contributed by atoms with Crippen molar-refractivity contribution >= 4 is 5.65 Å². The van der Waals surface area contributed by atoms with Crippen molar-refractivity contribution in [1.82, 2.24) is 35.2 Å². The van der Waals surface area contributed by atoms with Gasteiger partial charge in [0.25, 0.3) is 0 Å². The average Bonchev–Trinajstić information content (AvgIpc) is 3.65. The van der Waals surface area contributed by atoms with Crippen LogP contribution < -0.4 is 4.74 Å². The van der Waals surface area contributed by atoms with Crippen molar-refractivity contribution in [2.24, 2.45) is 0 Å². The first-order valence-corrected chi connectivity index (χ1v) is 13.1. The first-order valence-electron chi connectivity index (χ1n) is 13.1. The minimum absolute atomic E-state index is 0.214. The topological polar surface area (TPSA) is 103 Å². The molecule has 3 aromatic heterocycles. The Morgan fingerprint density at radius 3 is 2.42 bits per heavy atom. The molecule has 206 valence electrons. The standard InChI is InChI=1S/C28H26F3N7O2/c29-28(30,31)40-17-19-6-4-5-18(13-19)16-39-22-11-9-20(10-12-22)23-14-32-27-24(26-34-36-37-35-26)15-33-38(27)25(23)21-7-2-1-3-8-21/h4-6,9-15,21H,1-3,7-8,16-17H2,(H,34,35,36,37). The quantitative estimate of drug-likeness (QED) is 0.244. The van der Waals surface area contributed by atoms with Crippen molar-refractivity contribution in [3.63, 3.8) is 0 Å². The Hall–Kier alpha value is -4.32. The normalized spacial score (nSPS) is 14.6. The maximum atomic E-state index is 12.4. The van der Waals surface area contributed by atoms with Crippen LogP contribution in [0, 0.1) is 0 Å². The van der Waals surface area contributed by atoms with Crippen molar-refractivity contribution in [1.29, 1.82) is 0 Å². The zero-order chi connectivity index (χ0) is 27.5. The summed E-state index contributed by atoms with van der Waals surface area (Å²) in [7, 11) is 0. The molecule has 2 aromatic carbocycles. The SMILES string of the molecule is FC(F)(F)OCc1cccc(COc2ccc(-c3cnc4c(-c5nn[nH]n5)cnn4c3C3CCCCC3)cc2)c1. The van der Waals surface area contributed by atoms with Crippen molar-refractivity contribution in [2.45, 2.75) is 57.6 Å². The highest BCUT2D eigenvalue weighted by Gasteiger charge is 2.29. The predicted octanol–water partition coefficient (Wildman–Crippen LogP) is 6.24. The van der Waals surface area contributed by atoms with E-state index in [4.69, 9.17) is 9.72 Å². The third-order valence-corrected chi connectivity index (χ3v) is 7.11. The molecule has 0 aliphatic heterocycles. The molecule has 1 aliphatic rings. The van der Waals surface area contributed by atoms with Gasteiger partial charge in [0.2, 0.25) is 5.82 Å². The van der Waals surface area contributed by atoms with Gasteiger partial charge in [0, 0.05) is 17.7 Å².